The number of likely N-dealkylation sites (tertiary alicyclic amines) is 1. The summed E-state index contributed by atoms with van der Waals surface area (Å²) in [5, 5.41) is 3.12. The van der Waals surface area contributed by atoms with E-state index in [2.05, 4.69) is 5.32 Å². The van der Waals surface area contributed by atoms with Gasteiger partial charge in [-0.15, -0.1) is 12.4 Å². The van der Waals surface area contributed by atoms with Gasteiger partial charge in [0.15, 0.2) is 0 Å². The molecule has 1 amide bonds. The summed E-state index contributed by atoms with van der Waals surface area (Å²) in [6, 6.07) is 0. The van der Waals surface area contributed by atoms with Crippen molar-refractivity contribution in [3.63, 3.8) is 0 Å². The highest BCUT2D eigenvalue weighted by atomic mass is 35.5. The molecule has 2 fully saturated rings. The molecule has 0 aromatic heterocycles. The van der Waals surface area contributed by atoms with Crippen LogP contribution in [-0.4, -0.2) is 42.9 Å². The Hall–Kier alpha value is -0.420. The molecule has 0 aromatic carbocycles. The fourth-order valence-corrected chi connectivity index (χ4v) is 2.24. The predicted molar refractivity (Wildman–Crippen MR) is 59.0 cm³/mol. The molecule has 2 aliphatic rings. The van der Waals surface area contributed by atoms with Gasteiger partial charge in [0.1, 0.15) is 0 Å². The number of nitrogens with zero attached hydrogens (tertiary/aromatic N) is 1. The summed E-state index contributed by atoms with van der Waals surface area (Å²) in [6.07, 6.45) is 1.60. The SMILES string of the molecule is Cl.O=C(C1CCCNC1)N1CCC(F)(F)C1. The fraction of sp³-hybridized carbons (Fsp3) is 0.900. The highest BCUT2D eigenvalue weighted by Gasteiger charge is 2.41. The predicted octanol–water partition coefficient (Wildman–Crippen LogP) is 1.28. The molecule has 1 atom stereocenters. The molecule has 0 radical (unpaired) electrons. The summed E-state index contributed by atoms with van der Waals surface area (Å²) in [6.45, 7) is 1.39. The van der Waals surface area contributed by atoms with Gasteiger partial charge in [0.05, 0.1) is 12.5 Å². The first-order valence-electron chi connectivity index (χ1n) is 5.46. The number of piperidine rings is 1. The van der Waals surface area contributed by atoms with Crippen LogP contribution >= 0.6 is 12.4 Å². The highest BCUT2D eigenvalue weighted by molar-refractivity contribution is 5.85. The molecule has 2 heterocycles. The van der Waals surface area contributed by atoms with E-state index in [1.165, 1.54) is 4.90 Å². The molecular weight excluding hydrogens is 238 g/mol. The van der Waals surface area contributed by atoms with E-state index in [4.69, 9.17) is 0 Å². The third kappa shape index (κ3) is 3.04. The van der Waals surface area contributed by atoms with Crippen molar-refractivity contribution in [1.29, 1.82) is 0 Å². The lowest BCUT2D eigenvalue weighted by atomic mass is 9.98. The third-order valence-electron chi connectivity index (χ3n) is 3.13. The lowest BCUT2D eigenvalue weighted by Crippen LogP contribution is -2.42. The number of hydrogen-bond acceptors (Lipinski definition) is 2. The summed E-state index contributed by atoms with van der Waals surface area (Å²) in [4.78, 5) is 13.2. The van der Waals surface area contributed by atoms with Gasteiger partial charge in [-0.3, -0.25) is 4.79 Å². The van der Waals surface area contributed by atoms with E-state index in [-0.39, 0.29) is 43.7 Å². The van der Waals surface area contributed by atoms with E-state index in [0.717, 1.165) is 19.4 Å². The zero-order valence-corrected chi connectivity index (χ0v) is 9.86. The Morgan fingerprint density at radius 1 is 1.44 bits per heavy atom. The lowest BCUT2D eigenvalue weighted by Gasteiger charge is -2.26. The molecule has 2 rings (SSSR count). The molecule has 94 valence electrons. The van der Waals surface area contributed by atoms with E-state index < -0.39 is 5.92 Å². The van der Waals surface area contributed by atoms with Gasteiger partial charge in [-0.2, -0.15) is 0 Å². The van der Waals surface area contributed by atoms with Crippen molar-refractivity contribution in [1.82, 2.24) is 10.2 Å². The Morgan fingerprint density at radius 3 is 2.69 bits per heavy atom. The van der Waals surface area contributed by atoms with Crippen molar-refractivity contribution in [2.75, 3.05) is 26.2 Å². The average molecular weight is 255 g/mol. The van der Waals surface area contributed by atoms with Crippen LogP contribution in [0, 0.1) is 5.92 Å². The van der Waals surface area contributed by atoms with Crippen molar-refractivity contribution in [3.05, 3.63) is 0 Å². The Balaban J connectivity index is 0.00000128. The first-order chi connectivity index (χ1) is 7.08. The number of nitrogens with one attached hydrogen (secondary N) is 1. The van der Waals surface area contributed by atoms with Crippen molar-refractivity contribution >= 4 is 18.3 Å². The number of amides is 1. The molecule has 16 heavy (non-hydrogen) atoms. The monoisotopic (exact) mass is 254 g/mol. The Bertz CT molecular complexity index is 257. The second-order valence-corrected chi connectivity index (χ2v) is 4.41. The van der Waals surface area contributed by atoms with E-state index >= 15 is 0 Å². The Kier molecular flexibility index (Phi) is 4.50. The topological polar surface area (TPSA) is 32.3 Å². The molecule has 0 spiro atoms. The summed E-state index contributed by atoms with van der Waals surface area (Å²) >= 11 is 0. The quantitative estimate of drug-likeness (QED) is 0.765. The zero-order valence-electron chi connectivity index (χ0n) is 9.05. The number of carbonyl (C=O) groups is 1. The minimum absolute atomic E-state index is 0. The first-order valence-corrected chi connectivity index (χ1v) is 5.46. The molecule has 0 saturated carbocycles. The maximum atomic E-state index is 12.9. The van der Waals surface area contributed by atoms with Crippen LogP contribution in [0.25, 0.3) is 0 Å². The minimum atomic E-state index is -2.67. The van der Waals surface area contributed by atoms with E-state index in [1.54, 1.807) is 0 Å². The second-order valence-electron chi connectivity index (χ2n) is 4.41. The molecule has 3 nitrogen and oxygen atoms in total. The highest BCUT2D eigenvalue weighted by Crippen LogP contribution is 2.28. The van der Waals surface area contributed by atoms with Gasteiger partial charge in [0.25, 0.3) is 5.92 Å². The van der Waals surface area contributed by atoms with Crippen LogP contribution in [0.4, 0.5) is 8.78 Å². The number of hydrogen-bond donors (Lipinski definition) is 1. The van der Waals surface area contributed by atoms with Gasteiger partial charge >= 0.3 is 0 Å². The standard InChI is InChI=1S/C10H16F2N2O.ClH/c11-10(12)3-5-14(7-10)9(15)8-2-1-4-13-6-8;/h8,13H,1-7H2;1H. The molecule has 0 aliphatic carbocycles. The molecule has 2 saturated heterocycles. The number of alkyl halides is 2. The smallest absolute Gasteiger partial charge is 0.267 e. The summed E-state index contributed by atoms with van der Waals surface area (Å²) in [5.41, 5.74) is 0. The summed E-state index contributed by atoms with van der Waals surface area (Å²) < 4.78 is 25.8. The van der Waals surface area contributed by atoms with Crippen molar-refractivity contribution < 1.29 is 13.6 Å². The van der Waals surface area contributed by atoms with Gasteiger partial charge in [-0.05, 0) is 19.4 Å². The van der Waals surface area contributed by atoms with Gasteiger partial charge in [0.2, 0.25) is 5.91 Å². The fourth-order valence-electron chi connectivity index (χ4n) is 2.24. The van der Waals surface area contributed by atoms with Crippen molar-refractivity contribution in [3.8, 4) is 0 Å². The molecule has 1 N–H and O–H groups in total. The normalized spacial score (nSPS) is 28.6. The van der Waals surface area contributed by atoms with Crippen LogP contribution in [0.15, 0.2) is 0 Å². The largest absolute Gasteiger partial charge is 0.336 e. The number of rotatable bonds is 1. The van der Waals surface area contributed by atoms with Crippen LogP contribution in [0.2, 0.25) is 0 Å². The maximum absolute atomic E-state index is 12.9. The van der Waals surface area contributed by atoms with Crippen LogP contribution in [0.1, 0.15) is 19.3 Å². The van der Waals surface area contributed by atoms with Crippen molar-refractivity contribution in [2.24, 2.45) is 5.92 Å². The van der Waals surface area contributed by atoms with Gasteiger partial charge < -0.3 is 10.2 Å². The van der Waals surface area contributed by atoms with Gasteiger partial charge in [-0.1, -0.05) is 0 Å². The molecule has 2 aliphatic heterocycles. The molecule has 6 heteroatoms. The van der Waals surface area contributed by atoms with Crippen LogP contribution in [-0.2, 0) is 4.79 Å². The molecular formula is C10H17ClF2N2O. The van der Waals surface area contributed by atoms with E-state index in [1.807, 2.05) is 0 Å². The lowest BCUT2D eigenvalue weighted by molar-refractivity contribution is -0.136. The van der Waals surface area contributed by atoms with Crippen molar-refractivity contribution in [2.45, 2.75) is 25.2 Å². The number of carbonyl (C=O) groups excluding carboxylic acids is 1. The van der Waals surface area contributed by atoms with E-state index in [9.17, 15) is 13.6 Å². The molecule has 0 bridgehead atoms. The van der Waals surface area contributed by atoms with Gasteiger partial charge in [0, 0.05) is 19.5 Å². The minimum Gasteiger partial charge on any atom is -0.336 e. The third-order valence-corrected chi connectivity index (χ3v) is 3.13. The van der Waals surface area contributed by atoms with Crippen LogP contribution in [0.5, 0.6) is 0 Å². The van der Waals surface area contributed by atoms with Crippen LogP contribution < -0.4 is 5.32 Å². The number of halogens is 3. The zero-order chi connectivity index (χ0) is 10.9. The van der Waals surface area contributed by atoms with Crippen LogP contribution in [0.3, 0.4) is 0 Å². The molecule has 1 unspecified atom stereocenters. The second kappa shape index (κ2) is 5.27. The summed E-state index contributed by atoms with van der Waals surface area (Å²) in [7, 11) is 0. The summed E-state index contributed by atoms with van der Waals surface area (Å²) in [5.74, 6) is -2.86. The first kappa shape index (κ1) is 13.6. The molecule has 0 aromatic rings. The Labute approximate surface area is 100.0 Å². The average Bonchev–Trinajstić information content (AvgIpc) is 2.59. The Morgan fingerprint density at radius 2 is 2.19 bits per heavy atom. The van der Waals surface area contributed by atoms with E-state index in [0.29, 0.717) is 6.54 Å². The maximum Gasteiger partial charge on any atom is 0.267 e. The van der Waals surface area contributed by atoms with Gasteiger partial charge in [-0.25, -0.2) is 8.78 Å².